The molecular formula is C12H23N3O2. The lowest BCUT2D eigenvalue weighted by atomic mass is 9.97. The Kier molecular flexibility index (Phi) is 5.41. The van der Waals surface area contributed by atoms with Gasteiger partial charge in [-0.3, -0.25) is 9.59 Å². The van der Waals surface area contributed by atoms with Crippen molar-refractivity contribution in [2.24, 2.45) is 5.92 Å². The van der Waals surface area contributed by atoms with Gasteiger partial charge in [0, 0.05) is 19.5 Å². The number of carbonyl (C=O) groups excluding carboxylic acids is 2. The molecule has 1 unspecified atom stereocenters. The molecule has 0 saturated carbocycles. The van der Waals surface area contributed by atoms with Gasteiger partial charge >= 0.3 is 0 Å². The Bertz CT molecular complexity index is 275. The fraction of sp³-hybridized carbons (Fsp3) is 0.833. The van der Waals surface area contributed by atoms with Gasteiger partial charge in [-0.1, -0.05) is 0 Å². The highest BCUT2D eigenvalue weighted by atomic mass is 16.2. The molecule has 5 heteroatoms. The van der Waals surface area contributed by atoms with Crippen molar-refractivity contribution in [2.75, 3.05) is 26.7 Å². The van der Waals surface area contributed by atoms with Crippen LogP contribution in [-0.4, -0.2) is 49.4 Å². The van der Waals surface area contributed by atoms with Gasteiger partial charge in [0.05, 0.1) is 0 Å². The zero-order valence-electron chi connectivity index (χ0n) is 11.0. The van der Waals surface area contributed by atoms with E-state index in [4.69, 9.17) is 0 Å². The number of nitrogens with one attached hydrogen (secondary N) is 2. The maximum atomic E-state index is 11.9. The largest absolute Gasteiger partial charge is 0.344 e. The third-order valence-electron chi connectivity index (χ3n) is 3.29. The number of hydrogen-bond acceptors (Lipinski definition) is 3. The number of likely N-dealkylation sites (N-methyl/N-ethyl adjacent to an activating group) is 1. The second kappa shape index (κ2) is 6.59. The first-order chi connectivity index (χ1) is 8.06. The highest BCUT2D eigenvalue weighted by Gasteiger charge is 2.25. The summed E-state index contributed by atoms with van der Waals surface area (Å²) in [6.45, 7) is 6.09. The summed E-state index contributed by atoms with van der Waals surface area (Å²) in [5.74, 6) is 0.0325. The normalized spacial score (nSPS) is 18.5. The van der Waals surface area contributed by atoms with Crippen molar-refractivity contribution in [3.8, 4) is 0 Å². The van der Waals surface area contributed by atoms with Crippen LogP contribution in [0.25, 0.3) is 0 Å². The van der Waals surface area contributed by atoms with Crippen molar-refractivity contribution in [2.45, 2.75) is 32.7 Å². The van der Waals surface area contributed by atoms with Crippen LogP contribution in [0.1, 0.15) is 26.7 Å². The molecule has 1 aliphatic heterocycles. The molecule has 5 nitrogen and oxygen atoms in total. The van der Waals surface area contributed by atoms with Crippen LogP contribution < -0.4 is 10.6 Å². The van der Waals surface area contributed by atoms with Crippen molar-refractivity contribution in [3.05, 3.63) is 0 Å². The fourth-order valence-electron chi connectivity index (χ4n) is 1.96. The first kappa shape index (κ1) is 14.0. The van der Waals surface area contributed by atoms with E-state index in [1.807, 2.05) is 6.92 Å². The van der Waals surface area contributed by atoms with Crippen LogP contribution in [0.5, 0.6) is 0 Å². The number of carbonyl (C=O) groups is 2. The van der Waals surface area contributed by atoms with E-state index in [1.54, 1.807) is 18.9 Å². The van der Waals surface area contributed by atoms with Crippen LogP contribution >= 0.6 is 0 Å². The number of hydrogen-bond donors (Lipinski definition) is 2. The highest BCUT2D eigenvalue weighted by Crippen LogP contribution is 2.11. The molecular weight excluding hydrogens is 218 g/mol. The molecule has 1 heterocycles. The smallest absolute Gasteiger partial charge is 0.244 e. The lowest BCUT2D eigenvalue weighted by Gasteiger charge is -2.25. The molecule has 98 valence electrons. The Hall–Kier alpha value is -1.10. The van der Waals surface area contributed by atoms with E-state index in [0.717, 1.165) is 25.9 Å². The number of piperidine rings is 1. The van der Waals surface area contributed by atoms with Gasteiger partial charge in [0.2, 0.25) is 11.8 Å². The summed E-state index contributed by atoms with van der Waals surface area (Å²) in [6, 6.07) is -0.428. The molecule has 0 bridgehead atoms. The summed E-state index contributed by atoms with van der Waals surface area (Å²) >= 11 is 0. The topological polar surface area (TPSA) is 61.4 Å². The van der Waals surface area contributed by atoms with Crippen LogP contribution in [0.4, 0.5) is 0 Å². The molecule has 0 aromatic heterocycles. The molecule has 1 atom stereocenters. The molecule has 1 aliphatic rings. The standard InChI is InChI=1S/C12H23N3O2/c1-4-15(3)12(17)9(2)14-11(16)10-5-7-13-8-6-10/h9-10,13H,4-8H2,1-3H3,(H,14,16). The van der Waals surface area contributed by atoms with Gasteiger partial charge in [0.15, 0.2) is 0 Å². The summed E-state index contributed by atoms with van der Waals surface area (Å²) < 4.78 is 0. The summed E-state index contributed by atoms with van der Waals surface area (Å²) in [4.78, 5) is 25.3. The van der Waals surface area contributed by atoms with Gasteiger partial charge in [0.25, 0.3) is 0 Å². The van der Waals surface area contributed by atoms with Crippen LogP contribution in [-0.2, 0) is 9.59 Å². The Morgan fingerprint density at radius 1 is 1.41 bits per heavy atom. The van der Waals surface area contributed by atoms with Crippen molar-refractivity contribution < 1.29 is 9.59 Å². The summed E-state index contributed by atoms with van der Waals surface area (Å²) in [5, 5.41) is 6.02. The summed E-state index contributed by atoms with van der Waals surface area (Å²) in [6.07, 6.45) is 1.72. The average molecular weight is 241 g/mol. The monoisotopic (exact) mass is 241 g/mol. The second-order valence-corrected chi connectivity index (χ2v) is 4.61. The van der Waals surface area contributed by atoms with Crippen molar-refractivity contribution in [3.63, 3.8) is 0 Å². The predicted octanol–water partition coefficient (Wildman–Crippen LogP) is -0.0310. The van der Waals surface area contributed by atoms with E-state index < -0.39 is 6.04 Å². The SMILES string of the molecule is CCN(C)C(=O)C(C)NC(=O)C1CCNCC1. The molecule has 1 saturated heterocycles. The summed E-state index contributed by atoms with van der Waals surface area (Å²) in [5.41, 5.74) is 0. The van der Waals surface area contributed by atoms with E-state index >= 15 is 0 Å². The second-order valence-electron chi connectivity index (χ2n) is 4.61. The van der Waals surface area contributed by atoms with E-state index in [1.165, 1.54) is 0 Å². The van der Waals surface area contributed by atoms with Gasteiger partial charge in [0.1, 0.15) is 6.04 Å². The molecule has 1 rings (SSSR count). The average Bonchev–Trinajstić information content (AvgIpc) is 2.37. The minimum absolute atomic E-state index is 0.0110. The minimum Gasteiger partial charge on any atom is -0.344 e. The zero-order chi connectivity index (χ0) is 12.8. The third-order valence-corrected chi connectivity index (χ3v) is 3.29. The first-order valence-electron chi connectivity index (χ1n) is 6.32. The van der Waals surface area contributed by atoms with E-state index in [0.29, 0.717) is 6.54 Å². The van der Waals surface area contributed by atoms with Gasteiger partial charge in [-0.25, -0.2) is 0 Å². The maximum Gasteiger partial charge on any atom is 0.244 e. The van der Waals surface area contributed by atoms with Crippen LogP contribution in [0, 0.1) is 5.92 Å². The molecule has 0 spiro atoms. The zero-order valence-corrected chi connectivity index (χ0v) is 11.0. The highest BCUT2D eigenvalue weighted by molar-refractivity contribution is 5.88. The van der Waals surface area contributed by atoms with Crippen LogP contribution in [0.2, 0.25) is 0 Å². The lowest BCUT2D eigenvalue weighted by molar-refractivity contribution is -0.136. The third kappa shape index (κ3) is 4.00. The molecule has 0 aliphatic carbocycles. The molecule has 2 amide bonds. The molecule has 0 aromatic carbocycles. The number of rotatable bonds is 4. The maximum absolute atomic E-state index is 11.9. The molecule has 0 aromatic rings. The van der Waals surface area contributed by atoms with Gasteiger partial charge in [-0.15, -0.1) is 0 Å². The van der Waals surface area contributed by atoms with Crippen molar-refractivity contribution >= 4 is 11.8 Å². The Morgan fingerprint density at radius 2 is 2.00 bits per heavy atom. The number of nitrogens with zero attached hydrogens (tertiary/aromatic N) is 1. The van der Waals surface area contributed by atoms with Crippen LogP contribution in [0.15, 0.2) is 0 Å². The van der Waals surface area contributed by atoms with Crippen molar-refractivity contribution in [1.82, 2.24) is 15.5 Å². The summed E-state index contributed by atoms with van der Waals surface area (Å²) in [7, 11) is 1.75. The molecule has 2 N–H and O–H groups in total. The molecule has 1 fully saturated rings. The lowest BCUT2D eigenvalue weighted by Crippen LogP contribution is -2.48. The molecule has 0 radical (unpaired) electrons. The minimum atomic E-state index is -0.428. The first-order valence-corrected chi connectivity index (χ1v) is 6.32. The van der Waals surface area contributed by atoms with Gasteiger partial charge in [-0.05, 0) is 39.8 Å². The fourth-order valence-corrected chi connectivity index (χ4v) is 1.96. The van der Waals surface area contributed by atoms with E-state index in [9.17, 15) is 9.59 Å². The van der Waals surface area contributed by atoms with Crippen LogP contribution in [0.3, 0.4) is 0 Å². The van der Waals surface area contributed by atoms with E-state index in [-0.39, 0.29) is 17.7 Å². The van der Waals surface area contributed by atoms with E-state index in [2.05, 4.69) is 10.6 Å². The molecule has 17 heavy (non-hydrogen) atoms. The quantitative estimate of drug-likeness (QED) is 0.726. The van der Waals surface area contributed by atoms with Crippen molar-refractivity contribution in [1.29, 1.82) is 0 Å². The van der Waals surface area contributed by atoms with Gasteiger partial charge in [-0.2, -0.15) is 0 Å². The predicted molar refractivity (Wildman–Crippen MR) is 66.5 cm³/mol. The Labute approximate surface area is 103 Å². The number of amides is 2. The Morgan fingerprint density at radius 3 is 2.53 bits per heavy atom. The van der Waals surface area contributed by atoms with Gasteiger partial charge < -0.3 is 15.5 Å². The Balaban J connectivity index is 2.41.